The van der Waals surface area contributed by atoms with E-state index in [1.807, 2.05) is 0 Å². The lowest BCUT2D eigenvalue weighted by Gasteiger charge is -2.58. The van der Waals surface area contributed by atoms with Gasteiger partial charge in [-0.1, -0.05) is 19.3 Å². The highest BCUT2D eigenvalue weighted by Gasteiger charge is 2.62. The van der Waals surface area contributed by atoms with Crippen LogP contribution in [-0.4, -0.2) is 166 Å². The summed E-state index contributed by atoms with van der Waals surface area (Å²) in [6.45, 7) is 3.74. The minimum Gasteiger partial charge on any atom is -0.462 e. The van der Waals surface area contributed by atoms with E-state index in [4.69, 9.17) is 37.9 Å². The number of carbonyl (C=O) groups is 9. The number of alkyl halides is 8. The summed E-state index contributed by atoms with van der Waals surface area (Å²) in [4.78, 5) is 107. The van der Waals surface area contributed by atoms with Gasteiger partial charge in [-0.05, 0) is 158 Å². The summed E-state index contributed by atoms with van der Waals surface area (Å²) in [5.74, 6) is -1.65. The van der Waals surface area contributed by atoms with Gasteiger partial charge in [-0.3, -0.25) is 43.2 Å². The first-order chi connectivity index (χ1) is 45.5. The number of aliphatic hydroxyl groups is 1. The predicted molar refractivity (Wildman–Crippen MR) is 323 cm³/mol. The van der Waals surface area contributed by atoms with Crippen LogP contribution in [0.4, 0.5) is 35.1 Å². The average Bonchev–Trinajstić information content (AvgIpc) is 0.746. The first kappa shape index (κ1) is 80.0. The van der Waals surface area contributed by atoms with Crippen molar-refractivity contribution in [2.24, 2.45) is 69.5 Å². The van der Waals surface area contributed by atoms with Gasteiger partial charge in [0.25, 0.3) is 0 Å². The van der Waals surface area contributed by atoms with E-state index in [0.29, 0.717) is 103 Å². The number of rotatable bonds is 28. The van der Waals surface area contributed by atoms with Gasteiger partial charge < -0.3 is 61.9 Å². The van der Waals surface area contributed by atoms with Gasteiger partial charge in [0.15, 0.2) is 24.4 Å². The second-order valence-electron chi connectivity index (χ2n) is 29.9. The van der Waals surface area contributed by atoms with Crippen molar-refractivity contribution in [1.82, 2.24) is 0 Å². The average molecular weight is 1420 g/mol. The van der Waals surface area contributed by atoms with Crippen molar-refractivity contribution in [2.45, 2.75) is 251 Å². The van der Waals surface area contributed by atoms with E-state index < -0.39 is 139 Å². The molecule has 0 aliphatic heterocycles. The molecule has 12 bridgehead atoms. The Labute approximate surface area is 565 Å². The standard InChI is InChI=1S/C18H26F2O6.C18H24F2O6.C18H26F2O5.C14H22F2O5/c1-11(21)24-8-14(9-25-16(2,19)20)26-15(22)17-4-12-3-13(5-17)7-18(23,6-12)10-17;1-10(21)24-8-14(9-25-17(2,19)20)26-16(23)18-5-11-3-12(6-18)15(22)13(4-11)7-18;1-11(21)23-9-15(10-24-17(2,19)20)25-16(22)18-6-12-3-13(7-18)5-14(4-12)8-18;1-10(17)19-8-12(9-20-14(2,15)16)21-13(18)11-6-4-3-5-7-11/h12-14,23H,3-10H2,1-2H3;11-14H,3-9H2,1-2H3;12-15H,3-10H2,1-2H3;11-12H,3-9H2,1-2H3. The third-order valence-electron chi connectivity index (χ3n) is 20.4. The second kappa shape index (κ2) is 33.2. The van der Waals surface area contributed by atoms with Crippen LogP contribution in [-0.2, 0) is 100.0 Å². The number of ether oxygens (including phenoxy) is 12. The van der Waals surface area contributed by atoms with E-state index >= 15 is 0 Å². The molecule has 8 unspecified atom stereocenters. The molecule has 1 N–H and O–H groups in total. The molecule has 13 fully saturated rings. The lowest BCUT2D eigenvalue weighted by molar-refractivity contribution is -0.244. The lowest BCUT2D eigenvalue weighted by atomic mass is 9.48. The Balaban J connectivity index is 0.000000185. The Morgan fingerprint density at radius 2 is 0.684 bits per heavy atom. The van der Waals surface area contributed by atoms with Gasteiger partial charge in [-0.15, -0.1) is 0 Å². The number of esters is 8. The molecule has 0 radical (unpaired) electrons. The number of Topliss-reactive ketones (excluding diaryl/α,β-unsaturated/α-hetero) is 1. The Hall–Kier alpha value is -5.33. The van der Waals surface area contributed by atoms with Gasteiger partial charge >= 0.3 is 72.2 Å². The molecule has 0 amide bonds. The topological polar surface area (TPSA) is 285 Å². The molecule has 558 valence electrons. The number of hydrogen-bond donors (Lipinski definition) is 1. The van der Waals surface area contributed by atoms with Crippen molar-refractivity contribution in [1.29, 1.82) is 0 Å². The molecule has 0 aromatic rings. The third kappa shape index (κ3) is 24.5. The Morgan fingerprint density at radius 1 is 0.398 bits per heavy atom. The summed E-state index contributed by atoms with van der Waals surface area (Å²) < 4.78 is 162. The molecule has 13 aliphatic rings. The van der Waals surface area contributed by atoms with Gasteiger partial charge in [-0.2, -0.15) is 35.1 Å². The highest BCUT2D eigenvalue weighted by molar-refractivity contribution is 5.90. The smallest absolute Gasteiger partial charge is 0.353 e. The number of ketones is 1. The largest absolute Gasteiger partial charge is 0.462 e. The second-order valence-corrected chi connectivity index (χ2v) is 29.9. The van der Waals surface area contributed by atoms with E-state index in [2.05, 4.69) is 18.9 Å². The summed E-state index contributed by atoms with van der Waals surface area (Å²) in [6, 6.07) is 0. The van der Waals surface area contributed by atoms with Gasteiger partial charge in [0, 0.05) is 67.2 Å². The molecule has 13 saturated carbocycles. The number of carbonyl (C=O) groups excluding carboxylic acids is 9. The summed E-state index contributed by atoms with van der Waals surface area (Å²) >= 11 is 0. The highest BCUT2D eigenvalue weighted by atomic mass is 19.3. The van der Waals surface area contributed by atoms with Crippen LogP contribution >= 0.6 is 0 Å². The molecule has 13 rings (SSSR count). The number of halogens is 8. The summed E-state index contributed by atoms with van der Waals surface area (Å²) in [5, 5.41) is 10.7. The zero-order valence-electron chi connectivity index (χ0n) is 57.3. The first-order valence-electron chi connectivity index (χ1n) is 34.2. The Bertz CT molecular complexity index is 2710. The van der Waals surface area contributed by atoms with Crippen LogP contribution in [0.2, 0.25) is 0 Å². The monoisotopic (exact) mass is 1420 g/mol. The molecule has 98 heavy (non-hydrogen) atoms. The fraction of sp³-hybridized carbons (Fsp3) is 0.868. The molecule has 0 saturated heterocycles. The van der Waals surface area contributed by atoms with Crippen molar-refractivity contribution in [3.05, 3.63) is 0 Å². The van der Waals surface area contributed by atoms with Gasteiger partial charge in [-0.25, -0.2) is 0 Å². The van der Waals surface area contributed by atoms with Crippen LogP contribution in [0.25, 0.3) is 0 Å². The van der Waals surface area contributed by atoms with Crippen LogP contribution in [0.15, 0.2) is 0 Å². The van der Waals surface area contributed by atoms with Crippen molar-refractivity contribution >= 4 is 53.5 Å². The van der Waals surface area contributed by atoms with Gasteiger partial charge in [0.05, 0.1) is 54.2 Å². The molecular weight excluding hydrogens is 1320 g/mol. The Kier molecular flexibility index (Phi) is 27.1. The van der Waals surface area contributed by atoms with E-state index in [1.165, 1.54) is 47.0 Å². The molecule has 0 spiro atoms. The van der Waals surface area contributed by atoms with Gasteiger partial charge in [0.2, 0.25) is 0 Å². The summed E-state index contributed by atoms with van der Waals surface area (Å²) in [6.07, 6.45) is 0.148. The maximum atomic E-state index is 13.0. The zero-order chi connectivity index (χ0) is 72.4. The quantitative estimate of drug-likeness (QED) is 0.0433. The van der Waals surface area contributed by atoms with Crippen molar-refractivity contribution in [2.75, 3.05) is 52.9 Å². The Morgan fingerprint density at radius 3 is 1.00 bits per heavy atom. The molecule has 8 atom stereocenters. The zero-order valence-corrected chi connectivity index (χ0v) is 57.3. The number of hydrogen-bond acceptors (Lipinski definition) is 22. The van der Waals surface area contributed by atoms with Crippen LogP contribution in [0, 0.1) is 69.5 Å². The molecule has 0 aromatic heterocycles. The SMILES string of the molecule is CC(=O)OCC(COC(C)(F)F)OC(=O)C12CC3CC(C1)C(=O)C(C3)C2.CC(=O)OCC(COC(C)(F)F)OC(=O)C12CC3CC(CC(C3)C1)C2.CC(=O)OCC(COC(C)(F)F)OC(=O)C12CC3CC(CC(O)(C3)C1)C2.CC(=O)OCC(COC(C)(F)F)OC(=O)C1CCCCC1. The maximum absolute atomic E-state index is 13.0. The van der Waals surface area contributed by atoms with E-state index in [1.54, 1.807) is 0 Å². The molecular formula is C68H98F8O22. The van der Waals surface area contributed by atoms with E-state index in [0.717, 1.165) is 70.6 Å². The summed E-state index contributed by atoms with van der Waals surface area (Å²) in [5.41, 5.74) is -2.82. The molecule has 0 aromatic carbocycles. The normalized spacial score (nSPS) is 31.4. The van der Waals surface area contributed by atoms with Crippen molar-refractivity contribution in [3.63, 3.8) is 0 Å². The molecule has 13 aliphatic carbocycles. The van der Waals surface area contributed by atoms with Crippen molar-refractivity contribution < 1.29 is 140 Å². The lowest BCUT2D eigenvalue weighted by Crippen LogP contribution is -2.59. The predicted octanol–water partition coefficient (Wildman–Crippen LogP) is 10.9. The van der Waals surface area contributed by atoms with Crippen LogP contribution in [0.3, 0.4) is 0 Å². The molecule has 0 heterocycles. The highest BCUT2D eigenvalue weighted by Crippen LogP contribution is 2.63. The van der Waals surface area contributed by atoms with Crippen LogP contribution in [0.5, 0.6) is 0 Å². The third-order valence-corrected chi connectivity index (χ3v) is 20.4. The van der Waals surface area contributed by atoms with E-state index in [-0.39, 0.29) is 67.8 Å². The van der Waals surface area contributed by atoms with Gasteiger partial charge in [0.1, 0.15) is 32.2 Å². The van der Waals surface area contributed by atoms with Crippen molar-refractivity contribution in [3.8, 4) is 0 Å². The van der Waals surface area contributed by atoms with E-state index in [9.17, 15) is 83.4 Å². The van der Waals surface area contributed by atoms with Crippen LogP contribution in [0.1, 0.15) is 197 Å². The summed E-state index contributed by atoms with van der Waals surface area (Å²) in [7, 11) is 0. The van der Waals surface area contributed by atoms with Crippen LogP contribution < -0.4 is 0 Å². The minimum absolute atomic E-state index is 0.100. The molecule has 22 nitrogen and oxygen atoms in total. The fourth-order valence-electron chi connectivity index (χ4n) is 17.5. The molecule has 30 heteroatoms. The first-order valence-corrected chi connectivity index (χ1v) is 34.2. The fourth-order valence-corrected chi connectivity index (χ4v) is 17.5. The maximum Gasteiger partial charge on any atom is 0.353 e. The minimum atomic E-state index is -3.38.